The van der Waals surface area contributed by atoms with Gasteiger partial charge in [0.15, 0.2) is 6.61 Å². The Morgan fingerprint density at radius 1 is 1.12 bits per heavy atom. The van der Waals surface area contributed by atoms with E-state index < -0.39 is 17.6 Å². The zero-order valence-electron chi connectivity index (χ0n) is 12.1. The summed E-state index contributed by atoms with van der Waals surface area (Å²) < 4.78 is 42.7. The molecule has 3 rings (SSSR count). The highest BCUT2D eigenvalue weighted by Crippen LogP contribution is 2.31. The third-order valence-corrected chi connectivity index (χ3v) is 3.35. The molecular weight excluding hydrogens is 325 g/mol. The van der Waals surface area contributed by atoms with Crippen LogP contribution < -0.4 is 15.4 Å². The van der Waals surface area contributed by atoms with Crippen molar-refractivity contribution in [2.24, 2.45) is 0 Å². The van der Waals surface area contributed by atoms with Crippen LogP contribution in [0.4, 0.5) is 24.5 Å². The molecule has 0 saturated carbocycles. The van der Waals surface area contributed by atoms with Crippen LogP contribution in [0.1, 0.15) is 15.9 Å². The van der Waals surface area contributed by atoms with Gasteiger partial charge in [0.1, 0.15) is 5.75 Å². The average molecular weight is 336 g/mol. The monoisotopic (exact) mass is 336 g/mol. The van der Waals surface area contributed by atoms with Crippen LogP contribution in [-0.4, -0.2) is 18.4 Å². The Bertz CT molecular complexity index is 801. The van der Waals surface area contributed by atoms with Crippen molar-refractivity contribution in [3.05, 3.63) is 53.6 Å². The van der Waals surface area contributed by atoms with E-state index in [1.807, 2.05) is 0 Å². The number of halogens is 3. The molecule has 0 atom stereocenters. The predicted molar refractivity (Wildman–Crippen MR) is 80.0 cm³/mol. The number of ether oxygens (including phenoxy) is 1. The van der Waals surface area contributed by atoms with Crippen LogP contribution in [0.15, 0.2) is 42.5 Å². The second-order valence-electron chi connectivity index (χ2n) is 5.08. The summed E-state index contributed by atoms with van der Waals surface area (Å²) in [7, 11) is 0. The molecule has 2 aromatic rings. The maximum absolute atomic E-state index is 12.5. The molecule has 1 heterocycles. The molecule has 2 amide bonds. The fourth-order valence-electron chi connectivity index (χ4n) is 2.16. The topological polar surface area (TPSA) is 67.4 Å². The summed E-state index contributed by atoms with van der Waals surface area (Å²) in [4.78, 5) is 23.4. The zero-order valence-corrected chi connectivity index (χ0v) is 12.1. The highest BCUT2D eigenvalue weighted by molar-refractivity contribution is 6.05. The number of rotatable bonds is 2. The molecule has 5 nitrogen and oxygen atoms in total. The van der Waals surface area contributed by atoms with Gasteiger partial charge in [0.25, 0.3) is 11.8 Å². The summed E-state index contributed by atoms with van der Waals surface area (Å²) in [6.45, 7) is -0.142. The average Bonchev–Trinajstić information content (AvgIpc) is 2.54. The van der Waals surface area contributed by atoms with Gasteiger partial charge in [0.05, 0.1) is 11.3 Å². The Labute approximate surface area is 134 Å². The molecule has 0 bridgehead atoms. The zero-order chi connectivity index (χ0) is 17.3. The fraction of sp³-hybridized carbons (Fsp3) is 0.125. The fourth-order valence-corrected chi connectivity index (χ4v) is 2.16. The Morgan fingerprint density at radius 3 is 2.50 bits per heavy atom. The van der Waals surface area contributed by atoms with Gasteiger partial charge < -0.3 is 15.4 Å². The minimum absolute atomic E-state index is 0.142. The van der Waals surface area contributed by atoms with Crippen molar-refractivity contribution < 1.29 is 27.5 Å². The molecule has 24 heavy (non-hydrogen) atoms. The van der Waals surface area contributed by atoms with Gasteiger partial charge in [-0.05, 0) is 42.5 Å². The van der Waals surface area contributed by atoms with Crippen LogP contribution in [0.25, 0.3) is 0 Å². The van der Waals surface area contributed by atoms with Crippen LogP contribution in [0.2, 0.25) is 0 Å². The lowest BCUT2D eigenvalue weighted by Gasteiger charge is -2.18. The SMILES string of the molecule is O=C1COc2cc(C(=O)Nc3ccc(C(F)(F)F)cc3)ccc2N1. The molecule has 0 spiro atoms. The molecule has 124 valence electrons. The number of carbonyl (C=O) groups excluding carboxylic acids is 2. The Morgan fingerprint density at radius 2 is 1.83 bits per heavy atom. The van der Waals surface area contributed by atoms with E-state index in [4.69, 9.17) is 4.74 Å². The minimum Gasteiger partial charge on any atom is -0.482 e. The lowest BCUT2D eigenvalue weighted by molar-refractivity contribution is -0.137. The molecule has 0 aliphatic carbocycles. The molecule has 0 fully saturated rings. The number of alkyl halides is 3. The highest BCUT2D eigenvalue weighted by atomic mass is 19.4. The summed E-state index contributed by atoms with van der Waals surface area (Å²) >= 11 is 0. The predicted octanol–water partition coefficient (Wildman–Crippen LogP) is 3.29. The van der Waals surface area contributed by atoms with Gasteiger partial charge in [-0.3, -0.25) is 9.59 Å². The molecule has 2 aromatic carbocycles. The first-order valence-corrected chi connectivity index (χ1v) is 6.88. The van der Waals surface area contributed by atoms with E-state index in [0.717, 1.165) is 12.1 Å². The van der Waals surface area contributed by atoms with E-state index in [9.17, 15) is 22.8 Å². The van der Waals surface area contributed by atoms with Gasteiger partial charge >= 0.3 is 6.18 Å². The molecule has 0 unspecified atom stereocenters. The van der Waals surface area contributed by atoms with Crippen LogP contribution >= 0.6 is 0 Å². The Balaban J connectivity index is 1.74. The van der Waals surface area contributed by atoms with Crippen LogP contribution in [0, 0.1) is 0 Å². The van der Waals surface area contributed by atoms with E-state index in [-0.39, 0.29) is 23.8 Å². The second kappa shape index (κ2) is 5.88. The van der Waals surface area contributed by atoms with E-state index >= 15 is 0 Å². The van der Waals surface area contributed by atoms with Crippen LogP contribution in [0.3, 0.4) is 0 Å². The van der Waals surface area contributed by atoms with Crippen LogP contribution in [0.5, 0.6) is 5.75 Å². The van der Waals surface area contributed by atoms with E-state index in [0.29, 0.717) is 11.4 Å². The second-order valence-corrected chi connectivity index (χ2v) is 5.08. The molecule has 1 aliphatic heterocycles. The summed E-state index contributed by atoms with van der Waals surface area (Å²) in [5.74, 6) is -0.433. The lowest BCUT2D eigenvalue weighted by Crippen LogP contribution is -2.25. The smallest absolute Gasteiger partial charge is 0.416 e. The summed E-state index contributed by atoms with van der Waals surface area (Å²) in [5, 5.41) is 5.10. The quantitative estimate of drug-likeness (QED) is 0.884. The number of anilines is 2. The van der Waals surface area contributed by atoms with E-state index in [2.05, 4.69) is 10.6 Å². The number of carbonyl (C=O) groups is 2. The largest absolute Gasteiger partial charge is 0.482 e. The van der Waals surface area contributed by atoms with Gasteiger partial charge in [0.2, 0.25) is 0 Å². The maximum atomic E-state index is 12.5. The first kappa shape index (κ1) is 15.9. The molecule has 0 aromatic heterocycles. The third-order valence-electron chi connectivity index (χ3n) is 3.35. The van der Waals surface area contributed by atoms with Crippen LogP contribution in [-0.2, 0) is 11.0 Å². The summed E-state index contributed by atoms with van der Waals surface area (Å²) in [6, 6.07) is 8.59. The molecule has 0 saturated heterocycles. The first-order valence-electron chi connectivity index (χ1n) is 6.88. The normalized spacial score (nSPS) is 13.5. The number of amides is 2. The van der Waals surface area contributed by atoms with Crippen molar-refractivity contribution in [3.8, 4) is 5.75 Å². The summed E-state index contributed by atoms with van der Waals surface area (Å²) in [6.07, 6.45) is -4.43. The number of hydrogen-bond donors (Lipinski definition) is 2. The molecule has 8 heteroatoms. The standard InChI is InChI=1S/C16H11F3N2O3/c17-16(18,19)10-2-4-11(5-3-10)20-15(23)9-1-6-12-13(7-9)24-8-14(22)21-12/h1-7H,8H2,(H,20,23)(H,21,22). The van der Waals surface area contributed by atoms with Crippen molar-refractivity contribution in [2.45, 2.75) is 6.18 Å². The lowest BCUT2D eigenvalue weighted by atomic mass is 10.1. The van der Waals surface area contributed by atoms with Gasteiger partial charge in [-0.25, -0.2) is 0 Å². The highest BCUT2D eigenvalue weighted by Gasteiger charge is 2.30. The summed E-state index contributed by atoms with van der Waals surface area (Å²) in [5.41, 5.74) is 0.153. The maximum Gasteiger partial charge on any atom is 0.416 e. The van der Waals surface area contributed by atoms with Gasteiger partial charge in [0, 0.05) is 11.3 Å². The Kier molecular flexibility index (Phi) is 3.88. The van der Waals surface area contributed by atoms with Gasteiger partial charge in [-0.2, -0.15) is 13.2 Å². The molecule has 2 N–H and O–H groups in total. The van der Waals surface area contributed by atoms with Crippen molar-refractivity contribution in [2.75, 3.05) is 17.2 Å². The Hall–Kier alpha value is -3.03. The van der Waals surface area contributed by atoms with Crippen molar-refractivity contribution >= 4 is 23.2 Å². The molecule has 1 aliphatic rings. The number of fused-ring (bicyclic) bond motifs is 1. The third kappa shape index (κ3) is 3.32. The van der Waals surface area contributed by atoms with Gasteiger partial charge in [-0.1, -0.05) is 0 Å². The van der Waals surface area contributed by atoms with E-state index in [1.165, 1.54) is 30.3 Å². The number of hydrogen-bond acceptors (Lipinski definition) is 3. The van der Waals surface area contributed by atoms with Crippen molar-refractivity contribution in [3.63, 3.8) is 0 Å². The van der Waals surface area contributed by atoms with Crippen molar-refractivity contribution in [1.29, 1.82) is 0 Å². The molecule has 0 radical (unpaired) electrons. The minimum atomic E-state index is -4.43. The van der Waals surface area contributed by atoms with Crippen molar-refractivity contribution in [1.82, 2.24) is 0 Å². The number of nitrogens with one attached hydrogen (secondary N) is 2. The van der Waals surface area contributed by atoms with E-state index in [1.54, 1.807) is 0 Å². The first-order chi connectivity index (χ1) is 11.3. The van der Waals surface area contributed by atoms with Gasteiger partial charge in [-0.15, -0.1) is 0 Å². The molecular formula is C16H11F3N2O3. The number of benzene rings is 2.